The molecule has 0 aromatic heterocycles. The molecule has 0 bridgehead atoms. The van der Waals surface area contributed by atoms with Crippen molar-refractivity contribution in [3.05, 3.63) is 11.6 Å². The van der Waals surface area contributed by atoms with E-state index in [4.69, 9.17) is 53.8 Å². The highest BCUT2D eigenvalue weighted by Gasteiger charge is 2.30. The Bertz CT molecular complexity index is 936. The maximum absolute atomic E-state index is 12.5. The van der Waals surface area contributed by atoms with Gasteiger partial charge in [-0.3, -0.25) is 5.32 Å². The molecule has 1 rings (SSSR count). The first-order valence-corrected chi connectivity index (χ1v) is 12.8. The summed E-state index contributed by atoms with van der Waals surface area (Å²) in [6, 6.07) is -1.12. The molecular weight excluding hydrogens is 567 g/mol. The third-order valence-corrected chi connectivity index (χ3v) is 4.52. The van der Waals surface area contributed by atoms with Crippen molar-refractivity contribution in [1.82, 2.24) is 15.5 Å². The highest BCUT2D eigenvalue weighted by atomic mass is 35.6. The summed E-state index contributed by atoms with van der Waals surface area (Å²) in [4.78, 5) is 54.9. The monoisotopic (exact) mass is 600 g/mol. The van der Waals surface area contributed by atoms with Crippen molar-refractivity contribution >= 4 is 65.0 Å². The fourth-order valence-electron chi connectivity index (χ4n) is 2.90. The Morgan fingerprint density at radius 2 is 1.61 bits per heavy atom. The molecule has 1 aliphatic rings. The number of alkyl halides is 3. The minimum Gasteiger partial charge on any atom is -0.464 e. The second kappa shape index (κ2) is 14.1. The van der Waals surface area contributed by atoms with Crippen LogP contribution in [-0.4, -0.2) is 82.4 Å². The molecular formula is C23H35Cl3N4O8. The Morgan fingerprint density at radius 1 is 1.00 bits per heavy atom. The van der Waals surface area contributed by atoms with Crippen LogP contribution in [0.2, 0.25) is 0 Å². The first-order valence-electron chi connectivity index (χ1n) is 11.7. The van der Waals surface area contributed by atoms with Gasteiger partial charge in [0.2, 0.25) is 9.75 Å². The van der Waals surface area contributed by atoms with Gasteiger partial charge in [-0.1, -0.05) is 46.5 Å². The Morgan fingerprint density at radius 3 is 2.13 bits per heavy atom. The van der Waals surface area contributed by atoms with Gasteiger partial charge in [0.1, 0.15) is 23.9 Å². The average Bonchev–Trinajstić information content (AvgIpc) is 3.17. The zero-order valence-electron chi connectivity index (χ0n) is 22.5. The Labute approximate surface area is 237 Å². The van der Waals surface area contributed by atoms with Crippen LogP contribution in [0.4, 0.5) is 14.4 Å². The van der Waals surface area contributed by atoms with E-state index in [1.54, 1.807) is 59.4 Å². The van der Waals surface area contributed by atoms with E-state index >= 15 is 0 Å². The molecule has 0 aliphatic carbocycles. The second-order valence-corrected chi connectivity index (χ2v) is 12.6. The third-order valence-electron chi connectivity index (χ3n) is 4.19. The van der Waals surface area contributed by atoms with E-state index in [1.165, 1.54) is 0 Å². The maximum atomic E-state index is 12.5. The summed E-state index contributed by atoms with van der Waals surface area (Å²) in [6.07, 6.45) is -0.939. The van der Waals surface area contributed by atoms with Crippen LogP contribution in [-0.2, 0) is 23.7 Å². The summed E-state index contributed by atoms with van der Waals surface area (Å²) in [5.41, 5.74) is -0.930. The number of esters is 1. The van der Waals surface area contributed by atoms with Crippen LogP contribution in [0, 0.1) is 0 Å². The van der Waals surface area contributed by atoms with Crippen LogP contribution in [0.3, 0.4) is 0 Å². The second-order valence-electron chi connectivity index (χ2n) is 10.1. The number of carbonyl (C=O) groups is 4. The standard InChI is InChI=1S/C23H35Cl3N4O8/c1-8-35-16(31)15(27-18(32)36-13-23(24,25)26)11-14-9-10-30(12-14)17(28-19(33)37-21(2,3)4)29-20(34)38-22(5,6)7/h9,15H,8,10-13H2,1-7H3,(H,27,32)(H,28,29,33,34). The van der Waals surface area contributed by atoms with Crippen molar-refractivity contribution < 1.29 is 38.1 Å². The lowest BCUT2D eigenvalue weighted by atomic mass is 10.1. The van der Waals surface area contributed by atoms with Crippen LogP contribution < -0.4 is 10.6 Å². The van der Waals surface area contributed by atoms with Crippen LogP contribution in [0.5, 0.6) is 0 Å². The molecule has 1 aliphatic heterocycles. The van der Waals surface area contributed by atoms with E-state index in [9.17, 15) is 19.2 Å². The van der Waals surface area contributed by atoms with E-state index in [-0.39, 0.29) is 32.1 Å². The number of ether oxygens (including phenoxy) is 4. The first-order chi connectivity index (χ1) is 17.3. The van der Waals surface area contributed by atoms with E-state index < -0.39 is 51.9 Å². The molecule has 1 atom stereocenters. The number of hydrogen-bond acceptors (Lipinski definition) is 8. The van der Waals surface area contributed by atoms with Crippen molar-refractivity contribution in [3.8, 4) is 0 Å². The first kappa shape index (κ1) is 33.6. The summed E-state index contributed by atoms with van der Waals surface area (Å²) >= 11 is 16.8. The van der Waals surface area contributed by atoms with Crippen LogP contribution in [0.1, 0.15) is 54.9 Å². The normalized spacial score (nSPS) is 15.3. The number of carbonyl (C=O) groups excluding carboxylic acids is 4. The number of rotatable bonds is 6. The molecule has 0 aromatic carbocycles. The van der Waals surface area contributed by atoms with Gasteiger partial charge in [-0.15, -0.1) is 4.99 Å². The highest BCUT2D eigenvalue weighted by Crippen LogP contribution is 2.26. The number of nitrogens with zero attached hydrogens (tertiary/aromatic N) is 2. The Hall–Kier alpha value is -2.44. The number of alkyl carbamates (subject to hydrolysis) is 2. The smallest absolute Gasteiger partial charge is 0.437 e. The molecule has 0 spiro atoms. The van der Waals surface area contributed by atoms with E-state index in [0.717, 1.165) is 0 Å². The fraction of sp³-hybridized carbons (Fsp3) is 0.696. The topological polar surface area (TPSA) is 145 Å². The lowest BCUT2D eigenvalue weighted by molar-refractivity contribution is -0.145. The zero-order valence-corrected chi connectivity index (χ0v) is 24.8. The molecule has 1 unspecified atom stereocenters. The number of aliphatic imine (C=N–C) groups is 1. The van der Waals surface area contributed by atoms with Gasteiger partial charge in [0.05, 0.1) is 6.61 Å². The quantitative estimate of drug-likeness (QED) is 0.113. The summed E-state index contributed by atoms with van der Waals surface area (Å²) < 4.78 is 18.6. The predicted octanol–water partition coefficient (Wildman–Crippen LogP) is 4.46. The molecule has 0 fully saturated rings. The molecule has 0 radical (unpaired) electrons. The van der Waals surface area contributed by atoms with Crippen LogP contribution in [0.15, 0.2) is 16.6 Å². The third kappa shape index (κ3) is 14.5. The van der Waals surface area contributed by atoms with Crippen molar-refractivity contribution in [2.24, 2.45) is 4.99 Å². The van der Waals surface area contributed by atoms with Crippen molar-refractivity contribution in [3.63, 3.8) is 0 Å². The molecule has 3 amide bonds. The van der Waals surface area contributed by atoms with Gasteiger partial charge in [-0.2, -0.15) is 0 Å². The summed E-state index contributed by atoms with van der Waals surface area (Å²) in [5, 5.41) is 4.87. The van der Waals surface area contributed by atoms with Gasteiger partial charge in [0.25, 0.3) is 0 Å². The van der Waals surface area contributed by atoms with Crippen molar-refractivity contribution in [1.29, 1.82) is 0 Å². The van der Waals surface area contributed by atoms with Gasteiger partial charge in [-0.25, -0.2) is 19.2 Å². The SMILES string of the molecule is CCOC(=O)C(CC1=CCN(/C(=N/C(=O)OC(C)(C)C)NC(=O)OC(C)(C)C)C1)NC(=O)OCC(Cl)(Cl)Cl. The number of halogens is 3. The number of amides is 3. The van der Waals surface area contributed by atoms with Crippen LogP contribution >= 0.6 is 34.8 Å². The lowest BCUT2D eigenvalue weighted by Crippen LogP contribution is -2.46. The molecule has 15 heteroatoms. The van der Waals surface area contributed by atoms with Gasteiger partial charge >= 0.3 is 24.2 Å². The highest BCUT2D eigenvalue weighted by molar-refractivity contribution is 6.67. The van der Waals surface area contributed by atoms with Crippen molar-refractivity contribution in [2.45, 2.75) is 75.9 Å². The Balaban J connectivity index is 3.01. The minimum absolute atomic E-state index is 0.0321. The Kier molecular flexibility index (Phi) is 12.5. The maximum Gasteiger partial charge on any atom is 0.437 e. The van der Waals surface area contributed by atoms with Crippen LogP contribution in [0.25, 0.3) is 0 Å². The molecule has 38 heavy (non-hydrogen) atoms. The summed E-state index contributed by atoms with van der Waals surface area (Å²) in [6.45, 7) is 11.6. The molecule has 2 N–H and O–H groups in total. The number of hydrogen-bond donors (Lipinski definition) is 2. The summed E-state index contributed by atoms with van der Waals surface area (Å²) in [5.74, 6) is -0.810. The van der Waals surface area contributed by atoms with Gasteiger partial charge < -0.3 is 29.2 Å². The van der Waals surface area contributed by atoms with Gasteiger partial charge in [0, 0.05) is 19.5 Å². The van der Waals surface area contributed by atoms with E-state index in [1.807, 2.05) is 0 Å². The van der Waals surface area contributed by atoms with E-state index in [2.05, 4.69) is 15.6 Å². The fourth-order valence-corrected chi connectivity index (χ4v) is 3.06. The minimum atomic E-state index is -1.82. The van der Waals surface area contributed by atoms with E-state index in [0.29, 0.717) is 5.57 Å². The average molecular weight is 602 g/mol. The zero-order chi connectivity index (χ0) is 29.3. The van der Waals surface area contributed by atoms with Gasteiger partial charge in [-0.05, 0) is 48.5 Å². The molecule has 0 aromatic rings. The molecule has 1 heterocycles. The number of nitrogens with one attached hydrogen (secondary N) is 2. The molecule has 0 saturated carbocycles. The van der Waals surface area contributed by atoms with Crippen molar-refractivity contribution in [2.75, 3.05) is 26.3 Å². The largest absolute Gasteiger partial charge is 0.464 e. The molecule has 12 nitrogen and oxygen atoms in total. The molecule has 0 saturated heterocycles. The van der Waals surface area contributed by atoms with Gasteiger partial charge in [0.15, 0.2) is 0 Å². The number of guanidine groups is 1. The predicted molar refractivity (Wildman–Crippen MR) is 143 cm³/mol. The summed E-state index contributed by atoms with van der Waals surface area (Å²) in [7, 11) is 0. The lowest BCUT2D eigenvalue weighted by Gasteiger charge is -2.25. The molecule has 216 valence electrons.